The van der Waals surface area contributed by atoms with Crippen LogP contribution in [0.5, 0.6) is 0 Å². The van der Waals surface area contributed by atoms with Crippen molar-refractivity contribution in [2.75, 3.05) is 0 Å². The summed E-state index contributed by atoms with van der Waals surface area (Å²) in [5, 5.41) is 0. The van der Waals surface area contributed by atoms with Gasteiger partial charge in [-0.3, -0.25) is 4.79 Å². The van der Waals surface area contributed by atoms with Crippen LogP contribution in [-0.4, -0.2) is 56.6 Å². The van der Waals surface area contributed by atoms with Crippen LogP contribution < -0.4 is 0 Å². The first-order valence-corrected chi connectivity index (χ1v) is 10.0. The normalized spacial score (nSPS) is 20.4. The Morgan fingerprint density at radius 1 is 1.11 bits per heavy atom. The Morgan fingerprint density at radius 2 is 1.56 bits per heavy atom. The summed E-state index contributed by atoms with van der Waals surface area (Å²) in [6, 6.07) is 0. The van der Waals surface area contributed by atoms with Crippen molar-refractivity contribution in [3.63, 3.8) is 0 Å². The van der Waals surface area contributed by atoms with E-state index in [1.165, 1.54) is 0 Å². The second-order valence-corrected chi connectivity index (χ2v) is 9.95. The Hall–Kier alpha value is -1.58. The Morgan fingerprint density at radius 3 is 1.89 bits per heavy atom. The molecule has 0 saturated carbocycles. The van der Waals surface area contributed by atoms with Gasteiger partial charge in [0.25, 0.3) is 19.7 Å². The van der Waals surface area contributed by atoms with E-state index in [0.29, 0.717) is 6.92 Å². The molecule has 16 heteroatoms. The molecule has 1 aliphatic heterocycles. The minimum absolute atomic E-state index is 0.171. The van der Waals surface area contributed by atoms with Gasteiger partial charge in [0.15, 0.2) is 10.7 Å². The van der Waals surface area contributed by atoms with Crippen molar-refractivity contribution in [3.05, 3.63) is 0 Å². The quantitative estimate of drug-likeness (QED) is 0.437. The number of ether oxygens (including phenoxy) is 2. The molecule has 1 fully saturated rings. The lowest BCUT2D eigenvalue weighted by atomic mass is 10.2. The van der Waals surface area contributed by atoms with Crippen molar-refractivity contribution >= 4 is 31.6 Å². The summed E-state index contributed by atoms with van der Waals surface area (Å²) < 4.78 is 126. The van der Waals surface area contributed by atoms with Crippen LogP contribution in [-0.2, 0) is 38.7 Å². The van der Waals surface area contributed by atoms with E-state index >= 15 is 0 Å². The second kappa shape index (κ2) is 7.44. The fourth-order valence-corrected chi connectivity index (χ4v) is 5.64. The van der Waals surface area contributed by atoms with Crippen molar-refractivity contribution in [2.45, 2.75) is 54.0 Å². The molecule has 0 N–H and O–H groups in total. The van der Waals surface area contributed by atoms with Crippen LogP contribution in [0.2, 0.25) is 0 Å². The third-order valence-corrected chi connectivity index (χ3v) is 7.91. The lowest BCUT2D eigenvalue weighted by Gasteiger charge is -2.24. The number of cyclic esters (lactones) is 1. The van der Waals surface area contributed by atoms with Gasteiger partial charge >= 0.3 is 23.0 Å². The number of hydrogen-bond acceptors (Lipinski definition) is 8. The lowest BCUT2D eigenvalue weighted by Crippen LogP contribution is -2.46. The summed E-state index contributed by atoms with van der Waals surface area (Å²) in [5.41, 5.74) is -12.6. The molecule has 0 aromatic rings. The van der Waals surface area contributed by atoms with Gasteiger partial charge in [0, 0.05) is 19.3 Å². The molecule has 8 nitrogen and oxygen atoms in total. The smallest absolute Gasteiger partial charge is 0.460 e. The molecule has 0 aliphatic carbocycles. The van der Waals surface area contributed by atoms with E-state index in [2.05, 4.69) is 9.47 Å². The molecule has 1 aliphatic rings. The highest BCUT2D eigenvalue weighted by Gasteiger charge is 2.63. The van der Waals surface area contributed by atoms with Crippen molar-refractivity contribution in [3.8, 4) is 0 Å². The van der Waals surface area contributed by atoms with Crippen molar-refractivity contribution < 1.29 is 62.2 Å². The number of carbonyl (C=O) groups excluding carboxylic acids is 2. The molecule has 0 radical (unpaired) electrons. The Kier molecular flexibility index (Phi) is 6.47. The maximum Gasteiger partial charge on any atom is 0.498 e. The van der Waals surface area contributed by atoms with Gasteiger partial charge in [0.05, 0.1) is 0 Å². The zero-order chi connectivity index (χ0) is 21.4. The summed E-state index contributed by atoms with van der Waals surface area (Å²) in [6.07, 6.45) is -5.67. The third kappa shape index (κ3) is 5.03. The summed E-state index contributed by atoms with van der Waals surface area (Å²) >= 11 is 0. The minimum atomic E-state index is -6.82. The second-order valence-electron chi connectivity index (χ2n) is 5.41. The van der Waals surface area contributed by atoms with Gasteiger partial charge in [-0.05, 0) is 6.92 Å². The number of halogens is 6. The number of carbonyl (C=O) groups is 2. The van der Waals surface area contributed by atoms with Crippen molar-refractivity contribution in [2.24, 2.45) is 0 Å². The Balaban J connectivity index is 3.12. The van der Waals surface area contributed by atoms with E-state index in [1.807, 2.05) is 0 Å². The largest absolute Gasteiger partial charge is 0.498 e. The molecule has 0 aromatic carbocycles. The fraction of sp³-hybridized carbons (Fsp3) is 0.818. The molecule has 158 valence electrons. The van der Waals surface area contributed by atoms with Crippen LogP contribution in [0.15, 0.2) is 0 Å². The molecule has 1 heterocycles. The van der Waals surface area contributed by atoms with Gasteiger partial charge in [-0.2, -0.15) is 26.3 Å². The molecule has 0 amide bonds. The number of hydrogen-bond donors (Lipinski definition) is 0. The number of alkyl halides is 6. The topological polar surface area (TPSA) is 121 Å². The van der Waals surface area contributed by atoms with Crippen molar-refractivity contribution in [1.82, 2.24) is 0 Å². The SMILES string of the molecule is CC(CC(S(=O)(=O)C(F)(F)F)S(=O)(=O)C(F)(F)F)OC(=O)C1CCC(=O)O1. The van der Waals surface area contributed by atoms with E-state index in [1.54, 1.807) is 0 Å². The molecule has 0 spiro atoms. The zero-order valence-corrected chi connectivity index (χ0v) is 14.8. The predicted molar refractivity (Wildman–Crippen MR) is 73.0 cm³/mol. The van der Waals surface area contributed by atoms with E-state index in [-0.39, 0.29) is 12.8 Å². The minimum Gasteiger partial charge on any atom is -0.460 e. The van der Waals surface area contributed by atoms with E-state index in [4.69, 9.17) is 0 Å². The van der Waals surface area contributed by atoms with Gasteiger partial charge in [0.1, 0.15) is 6.10 Å². The van der Waals surface area contributed by atoms with Gasteiger partial charge in [-0.1, -0.05) is 0 Å². The average Bonchev–Trinajstić information content (AvgIpc) is 2.88. The van der Waals surface area contributed by atoms with Crippen LogP contribution in [0.1, 0.15) is 26.2 Å². The van der Waals surface area contributed by atoms with Crippen LogP contribution in [0, 0.1) is 0 Å². The molecule has 27 heavy (non-hydrogen) atoms. The number of sulfone groups is 2. The maximum absolute atomic E-state index is 12.6. The fourth-order valence-electron chi connectivity index (χ4n) is 2.00. The molecule has 2 atom stereocenters. The average molecular weight is 450 g/mol. The summed E-state index contributed by atoms with van der Waals surface area (Å²) in [4.78, 5) is 22.5. The zero-order valence-electron chi connectivity index (χ0n) is 13.2. The molecule has 0 bridgehead atoms. The Bertz CT molecular complexity index is 754. The summed E-state index contributed by atoms with van der Waals surface area (Å²) in [6.45, 7) is 0.694. The van der Waals surface area contributed by atoms with Crippen LogP contribution in [0.4, 0.5) is 26.3 Å². The highest BCUT2D eigenvalue weighted by molar-refractivity contribution is 8.09. The first kappa shape index (κ1) is 23.5. The van der Waals surface area contributed by atoms with Crippen LogP contribution >= 0.6 is 0 Å². The molecular formula is C11H12F6O8S2. The highest BCUT2D eigenvalue weighted by Crippen LogP contribution is 2.38. The molecule has 2 unspecified atom stereocenters. The lowest BCUT2D eigenvalue weighted by molar-refractivity contribution is -0.165. The van der Waals surface area contributed by atoms with E-state index in [0.717, 1.165) is 0 Å². The van der Waals surface area contributed by atoms with Gasteiger partial charge in [-0.15, -0.1) is 0 Å². The highest BCUT2D eigenvalue weighted by atomic mass is 32.3. The van der Waals surface area contributed by atoms with Crippen LogP contribution in [0.3, 0.4) is 0 Å². The Labute approximate surface area is 148 Å². The van der Waals surface area contributed by atoms with Crippen LogP contribution in [0.25, 0.3) is 0 Å². The molecular weight excluding hydrogens is 438 g/mol. The van der Waals surface area contributed by atoms with Gasteiger partial charge < -0.3 is 9.47 Å². The van der Waals surface area contributed by atoms with E-state index < -0.39 is 65.8 Å². The number of rotatable bonds is 6. The third-order valence-electron chi connectivity index (χ3n) is 3.33. The maximum atomic E-state index is 12.6. The summed E-state index contributed by atoms with van der Waals surface area (Å²) in [5.74, 6) is -2.16. The molecule has 0 aromatic heterocycles. The molecule has 1 saturated heterocycles. The molecule has 1 rings (SSSR count). The summed E-state index contributed by atoms with van der Waals surface area (Å²) in [7, 11) is -13.6. The van der Waals surface area contributed by atoms with Gasteiger partial charge in [0.2, 0.25) is 0 Å². The van der Waals surface area contributed by atoms with Crippen molar-refractivity contribution in [1.29, 1.82) is 0 Å². The first-order valence-electron chi connectivity index (χ1n) is 6.91. The number of esters is 2. The first-order chi connectivity index (χ1) is 11.9. The predicted octanol–water partition coefficient (Wildman–Crippen LogP) is 1.21. The van der Waals surface area contributed by atoms with E-state index in [9.17, 15) is 52.8 Å². The monoisotopic (exact) mass is 450 g/mol. The van der Waals surface area contributed by atoms with Gasteiger partial charge in [-0.25, -0.2) is 21.6 Å². The standard InChI is InChI=1S/C11H12F6O8S2/c1-5(24-9(19)6-2-3-7(18)25-6)4-8(26(20,21)10(12,13)14)27(22,23)11(15,16)17/h5-6,8H,2-4H2,1H3.